The maximum absolute atomic E-state index is 13.9. The molecule has 258 valence electrons. The van der Waals surface area contributed by atoms with E-state index in [1.165, 1.54) is 6.07 Å². The second-order valence-corrected chi connectivity index (χ2v) is 17.2. The summed E-state index contributed by atoms with van der Waals surface area (Å²) in [4.78, 5) is 38.8. The van der Waals surface area contributed by atoms with Gasteiger partial charge in [0, 0.05) is 23.4 Å². The maximum Gasteiger partial charge on any atom is 0.470 e. The molecule has 1 saturated carbocycles. The molecule has 0 bridgehead atoms. The first-order valence-electron chi connectivity index (χ1n) is 15.9. The Labute approximate surface area is 278 Å². The van der Waals surface area contributed by atoms with Gasteiger partial charge < -0.3 is 19.8 Å². The highest BCUT2D eigenvalue weighted by Gasteiger charge is 2.61. The van der Waals surface area contributed by atoms with Gasteiger partial charge in [0.25, 0.3) is 0 Å². The molecule has 0 radical (unpaired) electrons. The van der Waals surface area contributed by atoms with Gasteiger partial charge in [-0.3, -0.25) is 9.32 Å². The number of carbonyl (C=O) groups excluding carboxylic acids is 1. The highest BCUT2D eigenvalue weighted by molar-refractivity contribution is 7.89. The summed E-state index contributed by atoms with van der Waals surface area (Å²) in [5.41, 5.74) is -1.95. The molecule has 1 amide bonds. The summed E-state index contributed by atoms with van der Waals surface area (Å²) >= 11 is 0. The van der Waals surface area contributed by atoms with Crippen LogP contribution in [0.5, 0.6) is 5.88 Å². The molecule has 4 rings (SSSR count). The minimum absolute atomic E-state index is 0.132. The predicted octanol–water partition coefficient (Wildman–Crippen LogP) is 6.27. The van der Waals surface area contributed by atoms with E-state index in [1.54, 1.807) is 24.3 Å². The highest BCUT2D eigenvalue weighted by atomic mass is 32.2. The molecule has 2 aromatic carbocycles. The smallest absolute Gasteiger partial charge is 0.470 e. The Balaban J connectivity index is 1.52. The average molecular weight is 690 g/mol. The maximum atomic E-state index is 13.9. The molecular weight excluding hydrogens is 641 g/mol. The van der Waals surface area contributed by atoms with Gasteiger partial charge in [0.1, 0.15) is 5.60 Å². The number of phosphoric acid groups is 1. The van der Waals surface area contributed by atoms with Crippen molar-refractivity contribution in [1.29, 1.82) is 0 Å². The topological polar surface area (TPSA) is 164 Å². The lowest BCUT2D eigenvalue weighted by molar-refractivity contribution is -0.159. The van der Waals surface area contributed by atoms with Gasteiger partial charge in [0.15, 0.2) is 0 Å². The molecule has 1 aliphatic carbocycles. The van der Waals surface area contributed by atoms with Gasteiger partial charge in [-0.1, -0.05) is 71.9 Å². The van der Waals surface area contributed by atoms with E-state index >= 15 is 0 Å². The van der Waals surface area contributed by atoms with Gasteiger partial charge in [-0.15, -0.1) is 0 Å². The van der Waals surface area contributed by atoms with E-state index in [0.717, 1.165) is 0 Å². The molecule has 1 aliphatic rings. The number of hydrogen-bond donors (Lipinski definition) is 4. The van der Waals surface area contributed by atoms with E-state index < -0.39 is 46.2 Å². The average Bonchev–Trinajstić information content (AvgIpc) is 2.97. The van der Waals surface area contributed by atoms with Crippen LogP contribution in [0.15, 0.2) is 65.6 Å². The van der Waals surface area contributed by atoms with Crippen molar-refractivity contribution in [2.75, 3.05) is 6.61 Å². The zero-order valence-electron chi connectivity index (χ0n) is 28.2. The summed E-state index contributed by atoms with van der Waals surface area (Å²) in [5.74, 6) is -0.233. The quantitative estimate of drug-likeness (QED) is 0.170. The normalized spacial score (nSPS) is 18.9. The Morgan fingerprint density at radius 3 is 2.13 bits per heavy atom. The number of ether oxygens (including phenoxy) is 1. The van der Waals surface area contributed by atoms with Crippen LogP contribution in [0.25, 0.3) is 10.9 Å². The van der Waals surface area contributed by atoms with E-state index in [2.05, 4.69) is 15.0 Å². The van der Waals surface area contributed by atoms with E-state index in [9.17, 15) is 27.6 Å². The molecule has 3 aromatic rings. The third-order valence-corrected chi connectivity index (χ3v) is 11.0. The number of fused-ring (bicyclic) bond motifs is 1. The van der Waals surface area contributed by atoms with Crippen LogP contribution in [0.4, 0.5) is 0 Å². The summed E-state index contributed by atoms with van der Waals surface area (Å²) in [7, 11) is -8.86. The molecule has 1 aromatic heterocycles. The van der Waals surface area contributed by atoms with Crippen LogP contribution in [0.2, 0.25) is 0 Å². The minimum atomic E-state index is -5.03. The van der Waals surface area contributed by atoms with Crippen molar-refractivity contribution >= 4 is 34.7 Å². The lowest BCUT2D eigenvalue weighted by atomic mass is 9.58. The predicted molar refractivity (Wildman–Crippen MR) is 181 cm³/mol. The second-order valence-electron chi connectivity index (χ2n) is 14.3. The number of nitrogens with zero attached hydrogens (tertiary/aromatic N) is 1. The van der Waals surface area contributed by atoms with Crippen molar-refractivity contribution in [3.63, 3.8) is 0 Å². The summed E-state index contributed by atoms with van der Waals surface area (Å²) in [5, 5.41) is 3.81. The molecule has 47 heavy (non-hydrogen) atoms. The van der Waals surface area contributed by atoms with E-state index in [0.29, 0.717) is 54.6 Å². The van der Waals surface area contributed by atoms with Crippen LogP contribution in [0, 0.1) is 16.7 Å². The Bertz CT molecular complexity index is 1690. The molecule has 1 heterocycles. The van der Waals surface area contributed by atoms with Crippen molar-refractivity contribution in [2.45, 2.75) is 96.7 Å². The van der Waals surface area contributed by atoms with Crippen LogP contribution < -0.4 is 14.8 Å². The van der Waals surface area contributed by atoms with E-state index in [4.69, 9.17) is 9.26 Å². The van der Waals surface area contributed by atoms with Crippen LogP contribution in [0.3, 0.4) is 0 Å². The third kappa shape index (κ3) is 8.42. The van der Waals surface area contributed by atoms with Gasteiger partial charge in [0.05, 0.1) is 23.1 Å². The largest absolute Gasteiger partial charge is 0.478 e. The zero-order valence-corrected chi connectivity index (χ0v) is 29.9. The fourth-order valence-corrected chi connectivity index (χ4v) is 9.44. The van der Waals surface area contributed by atoms with Crippen molar-refractivity contribution in [1.82, 2.24) is 15.0 Å². The molecule has 1 fully saturated rings. The number of phosphoric ester groups is 1. The van der Waals surface area contributed by atoms with Crippen LogP contribution in [-0.2, 0) is 23.9 Å². The minimum Gasteiger partial charge on any atom is -0.478 e. The first kappa shape index (κ1) is 37.0. The molecule has 0 saturated heterocycles. The number of carbonyl (C=O) groups is 1. The molecule has 0 spiro atoms. The second kappa shape index (κ2) is 13.9. The summed E-state index contributed by atoms with van der Waals surface area (Å²) in [6, 6.07) is 16.0. The fourth-order valence-electron chi connectivity index (χ4n) is 7.07. The Hall–Kier alpha value is -2.86. The van der Waals surface area contributed by atoms with Crippen LogP contribution in [0.1, 0.15) is 85.8 Å². The first-order chi connectivity index (χ1) is 21.8. The SMILES string of the molecule is CCOc1ccc2cc(S(=O)(=O)N[C@H]3CC[C@H](C(=O)N[C@@H](c4ccccc4)C(OP(=O)(O)O)(C(C)(C)C)C(C)(C)C)CC3)ccc2n1. The molecule has 11 nitrogen and oxygen atoms in total. The molecule has 13 heteroatoms. The third-order valence-electron chi connectivity index (χ3n) is 8.97. The first-order valence-corrected chi connectivity index (χ1v) is 19.0. The van der Waals surface area contributed by atoms with Gasteiger partial charge in [-0.25, -0.2) is 22.7 Å². The van der Waals surface area contributed by atoms with E-state index in [-0.39, 0.29) is 16.8 Å². The molecule has 4 N–H and O–H groups in total. The number of aromatic nitrogens is 1. The van der Waals surface area contributed by atoms with Gasteiger partial charge in [-0.05, 0) is 73.3 Å². The lowest BCUT2D eigenvalue weighted by Crippen LogP contribution is -2.63. The summed E-state index contributed by atoms with van der Waals surface area (Å²) in [6.45, 7) is 13.4. The monoisotopic (exact) mass is 689 g/mol. The Morgan fingerprint density at radius 2 is 1.57 bits per heavy atom. The number of hydrogen-bond acceptors (Lipinski definition) is 7. The fraction of sp³-hybridized carbons (Fsp3) is 0.529. The Kier molecular flexibility index (Phi) is 11.0. The van der Waals surface area contributed by atoms with Crippen molar-refractivity contribution in [3.8, 4) is 5.88 Å². The van der Waals surface area contributed by atoms with Gasteiger partial charge >= 0.3 is 7.82 Å². The molecular formula is C34H48N3O8PS. The Morgan fingerprint density at radius 1 is 0.957 bits per heavy atom. The van der Waals surface area contributed by atoms with Gasteiger partial charge in [-0.2, -0.15) is 0 Å². The van der Waals surface area contributed by atoms with Crippen LogP contribution in [-0.4, -0.2) is 47.3 Å². The summed E-state index contributed by atoms with van der Waals surface area (Å²) < 4.78 is 53.2. The standard InChI is InChI=1S/C34H48N3O8PS/c1-8-44-29-21-16-25-22-27(19-20-28(25)35-29)47(42,43)37-26-17-14-24(15-18-26)31(38)36-30(23-12-10-9-11-13-23)34(32(2,3)4,33(5,6)7)45-46(39,40)41/h9-13,16,19-22,24,26,30,37H,8,14-15,17-18H2,1-7H3,(H,36,38)(H2,39,40,41)/t24-,26-,30-/m0/s1. The van der Waals surface area contributed by atoms with E-state index in [1.807, 2.05) is 78.8 Å². The number of nitrogens with one attached hydrogen (secondary N) is 2. The number of benzene rings is 2. The molecule has 0 unspecified atom stereocenters. The molecule has 0 aliphatic heterocycles. The van der Waals surface area contributed by atoms with Crippen LogP contribution >= 0.6 is 7.82 Å². The number of amides is 1. The zero-order chi connectivity index (χ0) is 34.8. The van der Waals surface area contributed by atoms with Crippen molar-refractivity contribution < 1.29 is 36.8 Å². The van der Waals surface area contributed by atoms with Gasteiger partial charge in [0.2, 0.25) is 21.8 Å². The number of pyridine rings is 1. The highest BCUT2D eigenvalue weighted by Crippen LogP contribution is 2.60. The number of sulfonamides is 1. The lowest BCUT2D eigenvalue weighted by Gasteiger charge is -2.56. The van der Waals surface area contributed by atoms with Crippen molar-refractivity contribution in [2.24, 2.45) is 16.7 Å². The number of rotatable bonds is 11. The summed E-state index contributed by atoms with van der Waals surface area (Å²) in [6.07, 6.45) is 1.76. The molecule has 1 atom stereocenters. The van der Waals surface area contributed by atoms with Crippen molar-refractivity contribution in [3.05, 3.63) is 66.2 Å².